The smallest absolute Gasteiger partial charge is 0.236 e. The molecule has 2 fully saturated rings. The molecule has 0 aromatic heterocycles. The second kappa shape index (κ2) is 8.71. The van der Waals surface area contributed by atoms with Gasteiger partial charge in [-0.2, -0.15) is 0 Å². The Morgan fingerprint density at radius 2 is 1.81 bits per heavy atom. The lowest BCUT2D eigenvalue weighted by molar-refractivity contribution is -0.133. The third-order valence-electron chi connectivity index (χ3n) is 4.66. The Bertz CT molecular complexity index is 303. The van der Waals surface area contributed by atoms with E-state index in [1.54, 1.807) is 0 Å². The fourth-order valence-electron chi connectivity index (χ4n) is 3.43. The summed E-state index contributed by atoms with van der Waals surface area (Å²) in [4.78, 5) is 19.4. The van der Waals surface area contributed by atoms with Crippen molar-refractivity contribution in [3.63, 3.8) is 0 Å². The summed E-state index contributed by atoms with van der Waals surface area (Å²) in [5.41, 5.74) is 0. The Morgan fingerprint density at radius 3 is 2.33 bits per heavy atom. The van der Waals surface area contributed by atoms with Crippen LogP contribution in [0.1, 0.15) is 33.1 Å². The fraction of sp³-hybridized carbons (Fsp3) is 0.938. The van der Waals surface area contributed by atoms with Crippen LogP contribution in [0.5, 0.6) is 0 Å². The van der Waals surface area contributed by atoms with Crippen LogP contribution in [0.3, 0.4) is 0 Å². The molecule has 0 aromatic carbocycles. The van der Waals surface area contributed by atoms with Crippen molar-refractivity contribution >= 4 is 5.91 Å². The topological polar surface area (TPSA) is 38.8 Å². The van der Waals surface area contributed by atoms with Crippen LogP contribution in [0.15, 0.2) is 0 Å². The van der Waals surface area contributed by atoms with Crippen molar-refractivity contribution in [2.75, 3.05) is 58.9 Å². The Balaban J connectivity index is 1.72. The first-order valence-electron chi connectivity index (χ1n) is 8.69. The molecule has 2 saturated heterocycles. The number of carbonyl (C=O) groups excluding carboxylic acids is 1. The van der Waals surface area contributed by atoms with E-state index in [0.717, 1.165) is 71.2 Å². The summed E-state index contributed by atoms with van der Waals surface area (Å²) >= 11 is 0. The van der Waals surface area contributed by atoms with E-state index in [2.05, 4.69) is 29.0 Å². The van der Waals surface area contributed by atoms with Crippen molar-refractivity contribution in [2.24, 2.45) is 0 Å². The van der Waals surface area contributed by atoms with Gasteiger partial charge in [0.1, 0.15) is 0 Å². The molecule has 122 valence electrons. The van der Waals surface area contributed by atoms with Crippen LogP contribution in [-0.4, -0.2) is 85.6 Å². The lowest BCUT2D eigenvalue weighted by Crippen LogP contribution is -2.53. The van der Waals surface area contributed by atoms with E-state index in [9.17, 15) is 4.79 Å². The van der Waals surface area contributed by atoms with E-state index in [4.69, 9.17) is 0 Å². The van der Waals surface area contributed by atoms with Crippen molar-refractivity contribution in [3.05, 3.63) is 0 Å². The number of carbonyl (C=O) groups is 1. The Labute approximate surface area is 129 Å². The fourth-order valence-corrected chi connectivity index (χ4v) is 3.43. The van der Waals surface area contributed by atoms with Gasteiger partial charge in [-0.25, -0.2) is 0 Å². The zero-order valence-corrected chi connectivity index (χ0v) is 13.8. The highest BCUT2D eigenvalue weighted by atomic mass is 16.2. The number of rotatable bonds is 7. The van der Waals surface area contributed by atoms with Crippen molar-refractivity contribution in [3.8, 4) is 0 Å². The second-order valence-electron chi connectivity index (χ2n) is 6.34. The minimum Gasteiger partial charge on any atom is -0.342 e. The van der Waals surface area contributed by atoms with Crippen molar-refractivity contribution in [1.82, 2.24) is 20.0 Å². The molecule has 2 heterocycles. The molecule has 1 N–H and O–H groups in total. The van der Waals surface area contributed by atoms with Crippen LogP contribution in [0.25, 0.3) is 0 Å². The van der Waals surface area contributed by atoms with Gasteiger partial charge in [-0.15, -0.1) is 0 Å². The highest BCUT2D eigenvalue weighted by Crippen LogP contribution is 2.12. The summed E-state index contributed by atoms with van der Waals surface area (Å²) in [6, 6.07) is 0.722. The molecule has 0 saturated carbocycles. The average molecular weight is 296 g/mol. The van der Waals surface area contributed by atoms with Gasteiger partial charge in [0.15, 0.2) is 0 Å². The van der Waals surface area contributed by atoms with Crippen molar-refractivity contribution < 1.29 is 4.79 Å². The average Bonchev–Trinajstić information content (AvgIpc) is 3.02. The first-order valence-corrected chi connectivity index (χ1v) is 8.69. The van der Waals surface area contributed by atoms with Crippen LogP contribution < -0.4 is 5.32 Å². The summed E-state index contributed by atoms with van der Waals surface area (Å²) in [6.45, 7) is 13.3. The minimum absolute atomic E-state index is 0.315. The maximum absolute atomic E-state index is 12.4. The van der Waals surface area contributed by atoms with Gasteiger partial charge in [-0.1, -0.05) is 13.8 Å². The number of nitrogens with zero attached hydrogens (tertiary/aromatic N) is 3. The first kappa shape index (κ1) is 16.7. The number of piperazine rings is 1. The third kappa shape index (κ3) is 4.94. The van der Waals surface area contributed by atoms with Gasteiger partial charge in [0.25, 0.3) is 0 Å². The van der Waals surface area contributed by atoms with E-state index in [0.29, 0.717) is 12.5 Å². The number of hydrogen-bond acceptors (Lipinski definition) is 4. The molecule has 1 atom stereocenters. The van der Waals surface area contributed by atoms with E-state index in [1.165, 1.54) is 6.42 Å². The van der Waals surface area contributed by atoms with Gasteiger partial charge in [0.2, 0.25) is 5.91 Å². The highest BCUT2D eigenvalue weighted by molar-refractivity contribution is 5.78. The number of nitrogens with one attached hydrogen (secondary N) is 1. The van der Waals surface area contributed by atoms with E-state index >= 15 is 0 Å². The predicted molar refractivity (Wildman–Crippen MR) is 86.4 cm³/mol. The van der Waals surface area contributed by atoms with Gasteiger partial charge in [-0.3, -0.25) is 14.6 Å². The van der Waals surface area contributed by atoms with E-state index < -0.39 is 0 Å². The second-order valence-corrected chi connectivity index (χ2v) is 6.34. The minimum atomic E-state index is 0.315. The van der Waals surface area contributed by atoms with Gasteiger partial charge in [0, 0.05) is 51.9 Å². The summed E-state index contributed by atoms with van der Waals surface area (Å²) in [5.74, 6) is 0.315. The van der Waals surface area contributed by atoms with Gasteiger partial charge in [0.05, 0.1) is 6.54 Å². The van der Waals surface area contributed by atoms with Gasteiger partial charge in [-0.05, 0) is 25.8 Å². The van der Waals surface area contributed by atoms with Gasteiger partial charge < -0.3 is 10.2 Å². The normalized spacial score (nSPS) is 24.4. The predicted octanol–water partition coefficient (Wildman–Crippen LogP) is 0.615. The quantitative estimate of drug-likeness (QED) is 0.747. The highest BCUT2D eigenvalue weighted by Gasteiger charge is 2.27. The Kier molecular flexibility index (Phi) is 6.93. The molecule has 0 bridgehead atoms. The lowest BCUT2D eigenvalue weighted by Gasteiger charge is -2.38. The molecular formula is C16H32N4O. The maximum Gasteiger partial charge on any atom is 0.236 e. The molecule has 2 aliphatic rings. The largest absolute Gasteiger partial charge is 0.342 e. The van der Waals surface area contributed by atoms with Crippen LogP contribution in [0.2, 0.25) is 0 Å². The molecular weight excluding hydrogens is 264 g/mol. The lowest BCUT2D eigenvalue weighted by atomic mass is 10.2. The summed E-state index contributed by atoms with van der Waals surface area (Å²) in [7, 11) is 0. The molecule has 2 rings (SSSR count). The monoisotopic (exact) mass is 296 g/mol. The standard InChI is InChI=1S/C16H32N4O/c1-3-7-20(8-4-2)16(21)14-18-9-11-19(12-10-18)15-5-6-17-13-15/h15,17H,3-14H2,1-2H3. The molecule has 1 amide bonds. The Morgan fingerprint density at radius 1 is 1.14 bits per heavy atom. The van der Waals surface area contributed by atoms with E-state index in [-0.39, 0.29) is 0 Å². The van der Waals surface area contributed by atoms with Crippen LogP contribution in [0, 0.1) is 0 Å². The molecule has 0 aliphatic carbocycles. The zero-order valence-electron chi connectivity index (χ0n) is 13.8. The SMILES string of the molecule is CCCN(CCC)C(=O)CN1CCN(C2CCNC2)CC1. The van der Waals surface area contributed by atoms with Crippen molar-refractivity contribution in [1.29, 1.82) is 0 Å². The molecule has 0 spiro atoms. The summed E-state index contributed by atoms with van der Waals surface area (Å²) in [5, 5.41) is 3.44. The molecule has 5 heteroatoms. The summed E-state index contributed by atoms with van der Waals surface area (Å²) < 4.78 is 0. The third-order valence-corrected chi connectivity index (χ3v) is 4.66. The maximum atomic E-state index is 12.4. The van der Waals surface area contributed by atoms with Crippen LogP contribution >= 0.6 is 0 Å². The number of hydrogen-bond donors (Lipinski definition) is 1. The molecule has 0 aromatic rings. The van der Waals surface area contributed by atoms with Gasteiger partial charge >= 0.3 is 0 Å². The zero-order chi connectivity index (χ0) is 15.1. The Hall–Kier alpha value is -0.650. The first-order chi connectivity index (χ1) is 10.2. The molecule has 21 heavy (non-hydrogen) atoms. The number of amides is 1. The molecule has 5 nitrogen and oxygen atoms in total. The van der Waals surface area contributed by atoms with E-state index in [1.807, 2.05) is 4.90 Å². The summed E-state index contributed by atoms with van der Waals surface area (Å²) in [6.07, 6.45) is 3.38. The molecule has 2 aliphatic heterocycles. The molecule has 1 unspecified atom stereocenters. The van der Waals surface area contributed by atoms with Crippen LogP contribution in [-0.2, 0) is 4.79 Å². The van der Waals surface area contributed by atoms with Crippen molar-refractivity contribution in [2.45, 2.75) is 39.2 Å². The molecule has 0 radical (unpaired) electrons. The van der Waals surface area contributed by atoms with Crippen LogP contribution in [0.4, 0.5) is 0 Å².